The van der Waals surface area contributed by atoms with Crippen molar-refractivity contribution < 1.29 is 0 Å². The lowest BCUT2D eigenvalue weighted by atomic mass is 9.72. The summed E-state index contributed by atoms with van der Waals surface area (Å²) in [5.74, 6) is 1.67. The predicted molar refractivity (Wildman–Crippen MR) is 90.6 cm³/mol. The zero-order chi connectivity index (χ0) is 14.7. The van der Waals surface area contributed by atoms with Crippen molar-refractivity contribution in [2.75, 3.05) is 6.54 Å². The first-order valence-corrected chi connectivity index (χ1v) is 8.83. The number of benzene rings is 1. The highest BCUT2D eigenvalue weighted by atomic mass is 32.1. The third-order valence-electron chi connectivity index (χ3n) is 4.42. The first-order chi connectivity index (χ1) is 10.2. The first-order valence-electron chi connectivity index (χ1n) is 7.95. The summed E-state index contributed by atoms with van der Waals surface area (Å²) >= 11 is 1.82. The lowest BCUT2D eigenvalue weighted by molar-refractivity contribution is 0.168. The molecule has 2 unspecified atom stereocenters. The number of nitrogens with one attached hydrogen (secondary N) is 1. The Kier molecular flexibility index (Phi) is 4.71. The quantitative estimate of drug-likeness (QED) is 0.856. The molecular formula is C18H24N2S. The molecule has 2 nitrogen and oxygen atoms in total. The van der Waals surface area contributed by atoms with Crippen molar-refractivity contribution in [1.82, 2.24) is 10.3 Å². The fourth-order valence-corrected chi connectivity index (χ4v) is 3.83. The van der Waals surface area contributed by atoms with Crippen LogP contribution < -0.4 is 5.32 Å². The summed E-state index contributed by atoms with van der Waals surface area (Å²) in [6.07, 6.45) is 3.90. The van der Waals surface area contributed by atoms with Crippen molar-refractivity contribution in [3.05, 3.63) is 40.7 Å². The zero-order valence-electron chi connectivity index (χ0n) is 12.9. The second-order valence-corrected chi connectivity index (χ2v) is 7.30. The van der Waals surface area contributed by atoms with Gasteiger partial charge in [0.2, 0.25) is 0 Å². The van der Waals surface area contributed by atoms with Crippen LogP contribution in [0.1, 0.15) is 31.7 Å². The minimum Gasteiger partial charge on any atom is -0.314 e. The molecule has 0 bridgehead atoms. The molecule has 0 amide bonds. The molecule has 1 fully saturated rings. The normalized spacial score (nSPS) is 21.5. The van der Waals surface area contributed by atoms with Crippen LogP contribution >= 0.6 is 11.3 Å². The van der Waals surface area contributed by atoms with Crippen molar-refractivity contribution in [2.45, 2.75) is 39.2 Å². The van der Waals surface area contributed by atoms with Gasteiger partial charge in [0, 0.05) is 23.4 Å². The van der Waals surface area contributed by atoms with E-state index in [2.05, 4.69) is 54.9 Å². The number of hydrogen-bond donors (Lipinski definition) is 1. The molecule has 21 heavy (non-hydrogen) atoms. The van der Waals surface area contributed by atoms with E-state index < -0.39 is 0 Å². The Morgan fingerprint density at radius 1 is 1.19 bits per heavy atom. The minimum absolute atomic E-state index is 0.593. The van der Waals surface area contributed by atoms with Gasteiger partial charge in [-0.2, -0.15) is 0 Å². The molecule has 2 atom stereocenters. The van der Waals surface area contributed by atoms with Crippen LogP contribution in [0.2, 0.25) is 0 Å². The van der Waals surface area contributed by atoms with Crippen molar-refractivity contribution in [1.29, 1.82) is 0 Å². The third-order valence-corrected chi connectivity index (χ3v) is 5.29. The van der Waals surface area contributed by atoms with Crippen LogP contribution in [-0.4, -0.2) is 17.6 Å². The van der Waals surface area contributed by atoms with Crippen LogP contribution in [0.3, 0.4) is 0 Å². The molecule has 112 valence electrons. The van der Waals surface area contributed by atoms with Crippen LogP contribution in [0.15, 0.2) is 35.7 Å². The number of rotatable bonds is 6. The van der Waals surface area contributed by atoms with Crippen LogP contribution in [0.5, 0.6) is 0 Å². The van der Waals surface area contributed by atoms with Gasteiger partial charge in [-0.1, -0.05) is 44.2 Å². The Hall–Kier alpha value is -1.19. The van der Waals surface area contributed by atoms with Gasteiger partial charge < -0.3 is 5.32 Å². The maximum Gasteiger partial charge on any atom is 0.0935 e. The average molecular weight is 300 g/mol. The minimum atomic E-state index is 0.593. The summed E-state index contributed by atoms with van der Waals surface area (Å²) < 4.78 is 0. The second kappa shape index (κ2) is 6.71. The van der Waals surface area contributed by atoms with E-state index in [0.29, 0.717) is 6.04 Å². The smallest absolute Gasteiger partial charge is 0.0935 e. The van der Waals surface area contributed by atoms with Gasteiger partial charge in [0.05, 0.1) is 10.7 Å². The van der Waals surface area contributed by atoms with Gasteiger partial charge in [0.1, 0.15) is 0 Å². The maximum atomic E-state index is 4.83. The molecule has 3 rings (SSSR count). The van der Waals surface area contributed by atoms with E-state index in [9.17, 15) is 0 Å². The van der Waals surface area contributed by atoms with Gasteiger partial charge in [0.25, 0.3) is 0 Å². The highest BCUT2D eigenvalue weighted by molar-refractivity contribution is 7.09. The highest BCUT2D eigenvalue weighted by Gasteiger charge is 2.31. The van der Waals surface area contributed by atoms with E-state index in [1.165, 1.54) is 30.0 Å². The van der Waals surface area contributed by atoms with E-state index in [1.54, 1.807) is 0 Å². The Labute approximate surface area is 131 Å². The lowest BCUT2D eigenvalue weighted by Gasteiger charge is -2.37. The standard InChI is InChI=1S/C18H24N2S/c1-13(2)19-11-16-9-8-15(16)10-18-20-17(12-21-18)14-6-4-3-5-7-14/h3-7,12-13,15-16,19H,8-11H2,1-2H3. The molecule has 0 aliphatic heterocycles. The molecule has 0 saturated heterocycles. The van der Waals surface area contributed by atoms with Gasteiger partial charge in [-0.25, -0.2) is 4.98 Å². The molecule has 0 spiro atoms. The van der Waals surface area contributed by atoms with Crippen molar-refractivity contribution in [2.24, 2.45) is 11.8 Å². The number of aromatic nitrogens is 1. The summed E-state index contributed by atoms with van der Waals surface area (Å²) in [7, 11) is 0. The van der Waals surface area contributed by atoms with Crippen LogP contribution in [-0.2, 0) is 6.42 Å². The largest absolute Gasteiger partial charge is 0.314 e. The van der Waals surface area contributed by atoms with Gasteiger partial charge in [-0.05, 0) is 31.2 Å². The molecular weight excluding hydrogens is 276 g/mol. The number of nitrogens with zero attached hydrogens (tertiary/aromatic N) is 1. The highest BCUT2D eigenvalue weighted by Crippen LogP contribution is 2.37. The predicted octanol–water partition coefficient (Wildman–Crippen LogP) is 4.38. The van der Waals surface area contributed by atoms with Crippen LogP contribution in [0.4, 0.5) is 0 Å². The number of hydrogen-bond acceptors (Lipinski definition) is 3. The maximum absolute atomic E-state index is 4.83. The number of thiazole rings is 1. The van der Waals surface area contributed by atoms with E-state index in [1.807, 2.05) is 11.3 Å². The molecule has 0 radical (unpaired) electrons. The Bertz CT molecular complexity index is 562. The second-order valence-electron chi connectivity index (χ2n) is 6.36. The molecule has 1 N–H and O–H groups in total. The van der Waals surface area contributed by atoms with Crippen LogP contribution in [0.25, 0.3) is 11.3 Å². The van der Waals surface area contributed by atoms with Crippen molar-refractivity contribution >= 4 is 11.3 Å². The summed E-state index contributed by atoms with van der Waals surface area (Å²) in [5.41, 5.74) is 2.36. The molecule has 1 aliphatic carbocycles. The van der Waals surface area contributed by atoms with Crippen molar-refractivity contribution in [3.8, 4) is 11.3 Å². The van der Waals surface area contributed by atoms with E-state index in [0.717, 1.165) is 24.0 Å². The molecule has 2 aromatic rings. The molecule has 1 saturated carbocycles. The molecule has 3 heteroatoms. The SMILES string of the molecule is CC(C)NCC1CCC1Cc1nc(-c2ccccc2)cs1. The molecule has 1 aliphatic rings. The van der Waals surface area contributed by atoms with Crippen LogP contribution in [0, 0.1) is 11.8 Å². The Morgan fingerprint density at radius 2 is 1.95 bits per heavy atom. The first kappa shape index (κ1) is 14.7. The van der Waals surface area contributed by atoms with Gasteiger partial charge in [0.15, 0.2) is 0 Å². The average Bonchev–Trinajstić information content (AvgIpc) is 2.93. The Balaban J connectivity index is 1.58. The van der Waals surface area contributed by atoms with Crippen molar-refractivity contribution in [3.63, 3.8) is 0 Å². The fourth-order valence-electron chi connectivity index (χ4n) is 2.93. The summed E-state index contributed by atoms with van der Waals surface area (Å²) in [6.45, 7) is 5.61. The fraction of sp³-hybridized carbons (Fsp3) is 0.500. The molecule has 1 heterocycles. The van der Waals surface area contributed by atoms with E-state index in [4.69, 9.17) is 4.98 Å². The third kappa shape index (κ3) is 3.72. The molecule has 1 aromatic carbocycles. The Morgan fingerprint density at radius 3 is 2.62 bits per heavy atom. The lowest BCUT2D eigenvalue weighted by Crippen LogP contribution is -2.38. The monoisotopic (exact) mass is 300 g/mol. The van der Waals surface area contributed by atoms with E-state index in [-0.39, 0.29) is 0 Å². The summed E-state index contributed by atoms with van der Waals surface area (Å²) in [5, 5.41) is 7.08. The summed E-state index contributed by atoms with van der Waals surface area (Å²) in [4.78, 5) is 4.83. The van der Waals surface area contributed by atoms with E-state index >= 15 is 0 Å². The van der Waals surface area contributed by atoms with Gasteiger partial charge in [-0.3, -0.25) is 0 Å². The van der Waals surface area contributed by atoms with Gasteiger partial charge in [-0.15, -0.1) is 11.3 Å². The zero-order valence-corrected chi connectivity index (χ0v) is 13.7. The topological polar surface area (TPSA) is 24.9 Å². The summed E-state index contributed by atoms with van der Waals surface area (Å²) in [6, 6.07) is 11.1. The van der Waals surface area contributed by atoms with Gasteiger partial charge >= 0.3 is 0 Å². The molecule has 1 aromatic heterocycles.